The summed E-state index contributed by atoms with van der Waals surface area (Å²) in [5.41, 5.74) is 1.45. The molecule has 132 valence electrons. The third kappa shape index (κ3) is 9.79. The summed E-state index contributed by atoms with van der Waals surface area (Å²) in [6, 6.07) is 4.42. The third-order valence-corrected chi connectivity index (χ3v) is 5.15. The summed E-state index contributed by atoms with van der Waals surface area (Å²) in [6.07, 6.45) is 21.2. The highest BCUT2D eigenvalue weighted by molar-refractivity contribution is 5.04. The highest BCUT2D eigenvalue weighted by atomic mass is 14.9. The number of hydrogen-bond acceptors (Lipinski definition) is 0. The van der Waals surface area contributed by atoms with E-state index < -0.39 is 0 Å². The van der Waals surface area contributed by atoms with Gasteiger partial charge in [0.05, 0.1) is 0 Å². The van der Waals surface area contributed by atoms with Gasteiger partial charge in [0, 0.05) is 18.1 Å². The molecule has 1 heterocycles. The van der Waals surface area contributed by atoms with Gasteiger partial charge in [-0.05, 0) is 24.8 Å². The van der Waals surface area contributed by atoms with Crippen molar-refractivity contribution in [3.63, 3.8) is 0 Å². The zero-order valence-electron chi connectivity index (χ0n) is 16.0. The molecule has 0 radical (unpaired) electrons. The molecule has 1 aromatic heterocycles. The minimum Gasteiger partial charge on any atom is -0.205 e. The second kappa shape index (κ2) is 13.6. The number of hydrogen-bond donors (Lipinski definition) is 0. The molecule has 0 saturated heterocycles. The minimum absolute atomic E-state index is 0.945. The lowest BCUT2D eigenvalue weighted by Gasteiger charge is -2.13. The predicted octanol–water partition coefficient (Wildman–Crippen LogP) is 6.48. The number of rotatable bonds is 14. The van der Waals surface area contributed by atoms with Crippen molar-refractivity contribution in [2.45, 2.75) is 104 Å². The van der Waals surface area contributed by atoms with E-state index in [0.717, 1.165) is 12.3 Å². The second-order valence-electron chi connectivity index (χ2n) is 7.13. The summed E-state index contributed by atoms with van der Waals surface area (Å²) in [7, 11) is 0. The van der Waals surface area contributed by atoms with E-state index in [1.807, 2.05) is 0 Å². The smallest absolute Gasteiger partial charge is 0.171 e. The zero-order chi connectivity index (χ0) is 16.8. The Balaban J connectivity index is 2.11. The van der Waals surface area contributed by atoms with E-state index in [9.17, 15) is 0 Å². The van der Waals surface area contributed by atoms with Crippen LogP contribution in [-0.4, -0.2) is 0 Å². The SMILES string of the molecule is CCCCCCCCCC(CC)CCC[n+]1cccc(CC)c1. The van der Waals surface area contributed by atoms with Crippen LogP contribution in [0.5, 0.6) is 0 Å². The highest BCUT2D eigenvalue weighted by Crippen LogP contribution is 2.19. The third-order valence-electron chi connectivity index (χ3n) is 5.15. The van der Waals surface area contributed by atoms with Crippen molar-refractivity contribution in [1.29, 1.82) is 0 Å². The lowest BCUT2D eigenvalue weighted by molar-refractivity contribution is -0.697. The molecule has 1 rings (SSSR count). The van der Waals surface area contributed by atoms with Crippen LogP contribution < -0.4 is 4.57 Å². The first-order chi connectivity index (χ1) is 11.3. The van der Waals surface area contributed by atoms with Crippen LogP contribution in [0.4, 0.5) is 0 Å². The van der Waals surface area contributed by atoms with Crippen molar-refractivity contribution in [2.24, 2.45) is 5.92 Å². The quantitative estimate of drug-likeness (QED) is 0.273. The molecule has 1 heteroatoms. The van der Waals surface area contributed by atoms with Gasteiger partial charge in [0.15, 0.2) is 12.4 Å². The fraction of sp³-hybridized carbons (Fsp3) is 0.773. The van der Waals surface area contributed by atoms with Crippen molar-refractivity contribution in [1.82, 2.24) is 0 Å². The Kier molecular flexibility index (Phi) is 11.9. The highest BCUT2D eigenvalue weighted by Gasteiger charge is 2.08. The lowest BCUT2D eigenvalue weighted by Crippen LogP contribution is -2.33. The Hall–Kier alpha value is -0.850. The van der Waals surface area contributed by atoms with Gasteiger partial charge >= 0.3 is 0 Å². The molecule has 0 N–H and O–H groups in total. The van der Waals surface area contributed by atoms with E-state index >= 15 is 0 Å². The van der Waals surface area contributed by atoms with Crippen molar-refractivity contribution in [3.8, 4) is 0 Å². The fourth-order valence-electron chi connectivity index (χ4n) is 3.43. The van der Waals surface area contributed by atoms with E-state index in [1.165, 1.54) is 82.7 Å². The van der Waals surface area contributed by atoms with E-state index in [0.29, 0.717) is 0 Å². The molecule has 0 fully saturated rings. The normalized spacial score (nSPS) is 12.5. The van der Waals surface area contributed by atoms with Crippen molar-refractivity contribution < 1.29 is 4.57 Å². The summed E-state index contributed by atoms with van der Waals surface area (Å²) in [5, 5.41) is 0. The molecule has 0 saturated carbocycles. The van der Waals surface area contributed by atoms with Crippen molar-refractivity contribution in [2.75, 3.05) is 0 Å². The molecule has 0 amide bonds. The maximum absolute atomic E-state index is 2.37. The Morgan fingerprint density at radius 1 is 0.870 bits per heavy atom. The molecule has 0 bridgehead atoms. The van der Waals surface area contributed by atoms with Crippen LogP contribution in [0.1, 0.15) is 97.0 Å². The van der Waals surface area contributed by atoms with E-state index in [1.54, 1.807) is 0 Å². The largest absolute Gasteiger partial charge is 0.205 e. The first-order valence-corrected chi connectivity index (χ1v) is 10.3. The van der Waals surface area contributed by atoms with Gasteiger partial charge < -0.3 is 0 Å². The molecule has 1 unspecified atom stereocenters. The van der Waals surface area contributed by atoms with E-state index in [-0.39, 0.29) is 0 Å². The molecule has 0 aliphatic rings. The Labute approximate surface area is 145 Å². The van der Waals surface area contributed by atoms with Gasteiger partial charge in [-0.15, -0.1) is 0 Å². The van der Waals surface area contributed by atoms with Crippen LogP contribution >= 0.6 is 0 Å². The number of unbranched alkanes of at least 4 members (excludes halogenated alkanes) is 6. The average molecular weight is 319 g/mol. The first kappa shape index (κ1) is 20.2. The Morgan fingerprint density at radius 2 is 1.57 bits per heavy atom. The number of aryl methyl sites for hydroxylation is 2. The Bertz CT molecular complexity index is 385. The van der Waals surface area contributed by atoms with Crippen LogP contribution in [-0.2, 0) is 13.0 Å². The minimum atomic E-state index is 0.945. The van der Waals surface area contributed by atoms with Crippen LogP contribution in [0.25, 0.3) is 0 Å². The molecule has 0 aliphatic heterocycles. The van der Waals surface area contributed by atoms with Gasteiger partial charge in [0.2, 0.25) is 0 Å². The van der Waals surface area contributed by atoms with E-state index in [2.05, 4.69) is 49.9 Å². The van der Waals surface area contributed by atoms with Gasteiger partial charge in [-0.1, -0.05) is 78.6 Å². The van der Waals surface area contributed by atoms with Crippen molar-refractivity contribution >= 4 is 0 Å². The summed E-state index contributed by atoms with van der Waals surface area (Å²) < 4.78 is 2.37. The topological polar surface area (TPSA) is 3.88 Å². The molecule has 1 atom stereocenters. The monoisotopic (exact) mass is 318 g/mol. The van der Waals surface area contributed by atoms with Crippen LogP contribution in [0, 0.1) is 5.92 Å². The molecular weight excluding hydrogens is 278 g/mol. The molecule has 23 heavy (non-hydrogen) atoms. The van der Waals surface area contributed by atoms with Crippen LogP contribution in [0.15, 0.2) is 24.5 Å². The average Bonchev–Trinajstić information content (AvgIpc) is 2.59. The van der Waals surface area contributed by atoms with Gasteiger partial charge in [0.25, 0.3) is 0 Å². The maximum Gasteiger partial charge on any atom is 0.171 e. The van der Waals surface area contributed by atoms with Gasteiger partial charge in [-0.2, -0.15) is 0 Å². The number of nitrogens with zero attached hydrogens (tertiary/aromatic N) is 1. The lowest BCUT2D eigenvalue weighted by atomic mass is 9.93. The van der Waals surface area contributed by atoms with E-state index in [4.69, 9.17) is 0 Å². The van der Waals surface area contributed by atoms with Crippen molar-refractivity contribution in [3.05, 3.63) is 30.1 Å². The summed E-state index contributed by atoms with van der Waals surface area (Å²) in [5.74, 6) is 0.945. The maximum atomic E-state index is 2.37. The molecule has 0 aromatic carbocycles. The molecule has 0 spiro atoms. The fourth-order valence-corrected chi connectivity index (χ4v) is 3.43. The van der Waals surface area contributed by atoms with Crippen LogP contribution in [0.3, 0.4) is 0 Å². The van der Waals surface area contributed by atoms with Gasteiger partial charge in [0.1, 0.15) is 6.54 Å². The molecule has 0 aliphatic carbocycles. The first-order valence-electron chi connectivity index (χ1n) is 10.3. The molecular formula is C22H40N+. The number of aromatic nitrogens is 1. The second-order valence-corrected chi connectivity index (χ2v) is 7.13. The molecule has 1 nitrogen and oxygen atoms in total. The Morgan fingerprint density at radius 3 is 2.26 bits per heavy atom. The standard InChI is InChI=1S/C22H40N/c1-4-7-8-9-10-11-12-15-21(5-2)16-13-18-23-19-14-17-22(6-3)20-23/h14,17,19-21H,4-13,15-16,18H2,1-3H3/q+1. The molecule has 1 aromatic rings. The predicted molar refractivity (Wildman–Crippen MR) is 102 cm³/mol. The summed E-state index contributed by atoms with van der Waals surface area (Å²) in [4.78, 5) is 0. The number of pyridine rings is 1. The van der Waals surface area contributed by atoms with Gasteiger partial charge in [-0.3, -0.25) is 0 Å². The van der Waals surface area contributed by atoms with Crippen LogP contribution in [0.2, 0.25) is 0 Å². The summed E-state index contributed by atoms with van der Waals surface area (Å²) in [6.45, 7) is 8.08. The van der Waals surface area contributed by atoms with Gasteiger partial charge in [-0.25, -0.2) is 4.57 Å². The zero-order valence-corrected chi connectivity index (χ0v) is 16.0. The summed E-state index contributed by atoms with van der Waals surface area (Å²) >= 11 is 0.